The summed E-state index contributed by atoms with van der Waals surface area (Å²) >= 11 is 0. The Morgan fingerprint density at radius 3 is 1.21 bits per heavy atom. The molecule has 0 saturated carbocycles. The molecule has 9 aromatic rings. The van der Waals surface area contributed by atoms with E-state index in [0.717, 1.165) is 82.4 Å². The van der Waals surface area contributed by atoms with Crippen LogP contribution < -0.4 is 0 Å². The first-order chi connectivity index (χ1) is 27.8. The van der Waals surface area contributed by atoms with Crippen molar-refractivity contribution in [1.82, 2.24) is 0 Å². The average Bonchev–Trinajstić information content (AvgIpc) is 3.55. The molecule has 1 aliphatic rings. The lowest BCUT2D eigenvalue weighted by molar-refractivity contribution is 1.42. The Kier molecular flexibility index (Phi) is 7.37. The largest absolute Gasteiger partial charge is 0.192 e. The van der Waals surface area contributed by atoms with Gasteiger partial charge in [0, 0.05) is 0 Å². The Balaban J connectivity index is 1.33. The molecule has 0 radical (unpaired) electrons. The quantitative estimate of drug-likeness (QED) is 0.170. The summed E-state index contributed by atoms with van der Waals surface area (Å²) in [6.07, 6.45) is 0. The summed E-state index contributed by atoms with van der Waals surface area (Å²) in [6.45, 7) is 6.17. The van der Waals surface area contributed by atoms with E-state index in [1.54, 1.807) is 0 Å². The lowest BCUT2D eigenvalue weighted by atomic mass is 9.84. The van der Waals surface area contributed by atoms with Crippen molar-refractivity contribution in [3.05, 3.63) is 166 Å². The van der Waals surface area contributed by atoms with E-state index in [9.17, 15) is 21.0 Å². The molecule has 0 atom stereocenters. The minimum atomic E-state index is 0.581. The van der Waals surface area contributed by atoms with E-state index in [1.165, 1.54) is 33.0 Å². The van der Waals surface area contributed by atoms with Crippen LogP contribution in [0, 0.1) is 66.1 Å². The number of nitriles is 4. The maximum atomic E-state index is 10.0. The third-order valence-corrected chi connectivity index (χ3v) is 11.9. The molecule has 0 fully saturated rings. The first-order valence-corrected chi connectivity index (χ1v) is 18.8. The fraction of sp³-hybridized carbons (Fsp3) is 0.0566. The highest BCUT2D eigenvalue weighted by molar-refractivity contribution is 6.27. The summed E-state index contributed by atoms with van der Waals surface area (Å²) in [4.78, 5) is 0. The molecule has 0 heterocycles. The van der Waals surface area contributed by atoms with E-state index >= 15 is 0 Å². The van der Waals surface area contributed by atoms with Gasteiger partial charge in [0.2, 0.25) is 0 Å². The van der Waals surface area contributed by atoms with E-state index in [-0.39, 0.29) is 0 Å². The zero-order valence-electron chi connectivity index (χ0n) is 31.4. The van der Waals surface area contributed by atoms with E-state index in [2.05, 4.69) is 111 Å². The van der Waals surface area contributed by atoms with Gasteiger partial charge in [0.05, 0.1) is 46.5 Å². The van der Waals surface area contributed by atoms with Gasteiger partial charge in [0.1, 0.15) is 0 Å². The molecule has 0 N–H and O–H groups in total. The Bertz CT molecular complexity index is 3490. The molecule has 57 heavy (non-hydrogen) atoms. The molecule has 262 valence electrons. The number of nitrogens with zero attached hydrogens (tertiary/aromatic N) is 4. The van der Waals surface area contributed by atoms with Gasteiger partial charge in [-0.1, -0.05) is 54.6 Å². The summed E-state index contributed by atoms with van der Waals surface area (Å²) in [5.74, 6) is 0. The molecule has 4 heteroatoms. The fourth-order valence-electron chi connectivity index (χ4n) is 9.25. The van der Waals surface area contributed by atoms with Crippen molar-refractivity contribution in [3.8, 4) is 79.9 Å². The van der Waals surface area contributed by atoms with Gasteiger partial charge >= 0.3 is 0 Å². The summed E-state index contributed by atoms with van der Waals surface area (Å²) in [5, 5.41) is 47.8. The molecular weight excluding hydrogens is 693 g/mol. The molecule has 0 aliphatic heterocycles. The second-order valence-corrected chi connectivity index (χ2v) is 15.1. The Hall–Kier alpha value is -8.02. The number of hydrogen-bond acceptors (Lipinski definition) is 4. The van der Waals surface area contributed by atoms with Crippen molar-refractivity contribution in [2.24, 2.45) is 0 Å². The van der Waals surface area contributed by atoms with Gasteiger partial charge in [0.15, 0.2) is 0 Å². The van der Waals surface area contributed by atoms with Crippen molar-refractivity contribution < 1.29 is 0 Å². The molecule has 4 nitrogen and oxygen atoms in total. The monoisotopic (exact) mass is 722 g/mol. The molecule has 0 aromatic heterocycles. The van der Waals surface area contributed by atoms with Crippen LogP contribution in [-0.2, 0) is 0 Å². The van der Waals surface area contributed by atoms with Crippen molar-refractivity contribution in [2.75, 3.05) is 0 Å². The molecule has 0 bridgehead atoms. The molecule has 1 aliphatic carbocycles. The topological polar surface area (TPSA) is 95.2 Å². The van der Waals surface area contributed by atoms with E-state index in [0.29, 0.717) is 22.3 Å². The number of aryl methyl sites for hydroxylation is 3. The van der Waals surface area contributed by atoms with E-state index in [1.807, 2.05) is 61.5 Å². The number of fused-ring (bicyclic) bond motifs is 8. The summed E-state index contributed by atoms with van der Waals surface area (Å²) in [7, 11) is 0. The second kappa shape index (κ2) is 12.5. The average molecular weight is 723 g/mol. The van der Waals surface area contributed by atoms with Gasteiger partial charge in [-0.15, -0.1) is 0 Å². The fourth-order valence-corrected chi connectivity index (χ4v) is 9.25. The first kappa shape index (κ1) is 33.5. The highest BCUT2D eigenvalue weighted by atomic mass is 14.3. The normalized spacial score (nSPS) is 11.4. The van der Waals surface area contributed by atoms with Crippen LogP contribution in [0.2, 0.25) is 0 Å². The summed E-state index contributed by atoms with van der Waals surface area (Å²) in [6, 6.07) is 53.1. The molecule has 9 aromatic carbocycles. The van der Waals surface area contributed by atoms with Crippen LogP contribution >= 0.6 is 0 Å². The summed E-state index contributed by atoms with van der Waals surface area (Å²) < 4.78 is 0. The zero-order chi connectivity index (χ0) is 39.1. The number of hydrogen-bond donors (Lipinski definition) is 0. The number of rotatable bonds is 3. The zero-order valence-corrected chi connectivity index (χ0v) is 31.4. The second-order valence-electron chi connectivity index (χ2n) is 15.1. The molecule has 0 unspecified atom stereocenters. The van der Waals surface area contributed by atoms with Crippen LogP contribution in [0.5, 0.6) is 0 Å². The van der Waals surface area contributed by atoms with Gasteiger partial charge in [-0.3, -0.25) is 0 Å². The van der Waals surface area contributed by atoms with Gasteiger partial charge in [-0.25, -0.2) is 0 Å². The lowest BCUT2D eigenvalue weighted by Crippen LogP contribution is -1.93. The van der Waals surface area contributed by atoms with Gasteiger partial charge in [-0.05, 0) is 209 Å². The SMILES string of the molecule is Cc1cc(C#N)ccc1-c1ccc2c3c(cccc13)-c1cc3c(-c4ccc(C#N)cc4C)cc4c5ccc(C#N)cc5c(-c5ccc(C#N)cc5C)cc4c3cc1-2. The predicted molar refractivity (Wildman–Crippen MR) is 230 cm³/mol. The maximum Gasteiger partial charge on any atom is 0.0991 e. The number of benzene rings is 9. The predicted octanol–water partition coefficient (Wildman–Crippen LogP) is 13.4. The van der Waals surface area contributed by atoms with E-state index < -0.39 is 0 Å². The summed E-state index contributed by atoms with van der Waals surface area (Å²) in [5.41, 5.74) is 16.6. The van der Waals surface area contributed by atoms with Crippen molar-refractivity contribution in [1.29, 1.82) is 21.0 Å². The first-order valence-electron chi connectivity index (χ1n) is 18.8. The minimum absolute atomic E-state index is 0.581. The van der Waals surface area contributed by atoms with E-state index in [4.69, 9.17) is 0 Å². The van der Waals surface area contributed by atoms with Crippen LogP contribution in [0.25, 0.3) is 98.7 Å². The molecule has 0 amide bonds. The van der Waals surface area contributed by atoms with Crippen molar-refractivity contribution in [2.45, 2.75) is 20.8 Å². The van der Waals surface area contributed by atoms with Crippen LogP contribution in [0.1, 0.15) is 38.9 Å². The Labute approximate surface area is 330 Å². The van der Waals surface area contributed by atoms with Gasteiger partial charge in [0.25, 0.3) is 0 Å². The maximum absolute atomic E-state index is 10.0. The van der Waals surface area contributed by atoms with Gasteiger partial charge in [-0.2, -0.15) is 21.0 Å². The van der Waals surface area contributed by atoms with Crippen LogP contribution in [0.4, 0.5) is 0 Å². The van der Waals surface area contributed by atoms with Crippen LogP contribution in [-0.4, -0.2) is 0 Å². The van der Waals surface area contributed by atoms with Crippen molar-refractivity contribution >= 4 is 43.1 Å². The highest BCUT2D eigenvalue weighted by Gasteiger charge is 2.26. The highest BCUT2D eigenvalue weighted by Crippen LogP contribution is 2.53. The van der Waals surface area contributed by atoms with Gasteiger partial charge < -0.3 is 0 Å². The Morgan fingerprint density at radius 2 is 0.667 bits per heavy atom. The lowest BCUT2D eigenvalue weighted by Gasteiger charge is -2.19. The molecule has 10 rings (SSSR count). The third-order valence-electron chi connectivity index (χ3n) is 11.9. The Morgan fingerprint density at radius 1 is 0.281 bits per heavy atom. The van der Waals surface area contributed by atoms with Crippen molar-refractivity contribution in [3.63, 3.8) is 0 Å². The third kappa shape index (κ3) is 4.96. The van der Waals surface area contributed by atoms with Crippen LogP contribution in [0.3, 0.4) is 0 Å². The standard InChI is InChI=1S/C53H30N4/c1-29-17-32(25-54)7-11-36(29)39-15-16-43-49-24-52-50(23-48(49)42-6-4-5-41(39)53(42)43)46(38-13-9-34(27-56)19-31(38)3)21-47-40-14-10-35(28-57)20-44(40)45(22-51(47)52)37-12-8-33(26-55)18-30(37)2/h4-24H,1-3H3. The molecule has 0 saturated heterocycles. The van der Waals surface area contributed by atoms with Crippen LogP contribution in [0.15, 0.2) is 127 Å². The molecule has 0 spiro atoms. The smallest absolute Gasteiger partial charge is 0.0991 e. The molecular formula is C53H30N4. The minimum Gasteiger partial charge on any atom is -0.192 e.